The Morgan fingerprint density at radius 3 is 2.69 bits per heavy atom. The number of halogens is 2. The molecule has 2 N–H and O–H groups in total. The summed E-state index contributed by atoms with van der Waals surface area (Å²) in [4.78, 5) is 15.5. The van der Waals surface area contributed by atoms with Gasteiger partial charge in [0.05, 0.1) is 6.54 Å². The van der Waals surface area contributed by atoms with Crippen LogP contribution in [0.25, 0.3) is 10.9 Å². The lowest BCUT2D eigenvalue weighted by molar-refractivity contribution is -0.116. The molecule has 0 aliphatic carbocycles. The third kappa shape index (κ3) is 4.63. The van der Waals surface area contributed by atoms with Gasteiger partial charge in [0.2, 0.25) is 5.91 Å². The van der Waals surface area contributed by atoms with E-state index in [2.05, 4.69) is 27.5 Å². The van der Waals surface area contributed by atoms with Crippen molar-refractivity contribution in [1.82, 2.24) is 14.8 Å². The van der Waals surface area contributed by atoms with Crippen LogP contribution >= 0.6 is 23.2 Å². The van der Waals surface area contributed by atoms with Crippen molar-refractivity contribution in [2.24, 2.45) is 0 Å². The van der Waals surface area contributed by atoms with Crippen molar-refractivity contribution in [2.45, 2.75) is 25.8 Å². The molecular formula is C22H20Cl2N4O. The molecule has 0 unspecified atom stereocenters. The van der Waals surface area contributed by atoms with Gasteiger partial charge in [-0.15, -0.1) is 0 Å². The first-order valence-corrected chi connectivity index (χ1v) is 10.2. The van der Waals surface area contributed by atoms with Crippen molar-refractivity contribution in [3.8, 4) is 0 Å². The molecule has 2 aromatic carbocycles. The van der Waals surface area contributed by atoms with E-state index in [9.17, 15) is 4.79 Å². The van der Waals surface area contributed by atoms with Crippen molar-refractivity contribution in [3.05, 3.63) is 82.1 Å². The minimum atomic E-state index is -0.0501. The Morgan fingerprint density at radius 1 is 1.07 bits per heavy atom. The molecule has 0 aliphatic rings. The van der Waals surface area contributed by atoms with Gasteiger partial charge < -0.3 is 10.3 Å². The summed E-state index contributed by atoms with van der Waals surface area (Å²) in [7, 11) is 0. The van der Waals surface area contributed by atoms with Crippen LogP contribution in [0.15, 0.2) is 60.9 Å². The molecule has 0 aliphatic heterocycles. The number of H-pyrrole nitrogens is 1. The first kappa shape index (κ1) is 19.6. The largest absolute Gasteiger partial charge is 0.361 e. The number of aryl methyl sites for hydroxylation is 1. The third-order valence-electron chi connectivity index (χ3n) is 4.81. The number of para-hydroxylation sites is 1. The molecule has 4 rings (SSSR count). The molecule has 7 heteroatoms. The standard InChI is InChI=1S/C22H20Cl2N4O/c23-18-7-4-8-19(24)17(18)14-28-12-11-21(27-28)26-22(29)10-3-5-15-13-25-20-9-2-1-6-16(15)20/h1-2,4,6-9,11-13,25H,3,5,10,14H2,(H,26,27,29). The van der Waals surface area contributed by atoms with Gasteiger partial charge in [-0.05, 0) is 36.6 Å². The molecule has 0 saturated carbocycles. The SMILES string of the molecule is O=C(CCCc1c[nH]c2ccccc12)Nc1ccn(Cc2c(Cl)cccc2Cl)n1. The quantitative estimate of drug-likeness (QED) is 0.399. The summed E-state index contributed by atoms with van der Waals surface area (Å²) in [6, 6.07) is 15.3. The number of anilines is 1. The zero-order valence-corrected chi connectivity index (χ0v) is 17.2. The number of fused-ring (bicyclic) bond motifs is 1. The van der Waals surface area contributed by atoms with Gasteiger partial charge in [0, 0.05) is 51.4 Å². The zero-order valence-electron chi connectivity index (χ0n) is 15.7. The first-order chi connectivity index (χ1) is 14.1. The van der Waals surface area contributed by atoms with Gasteiger partial charge in [-0.1, -0.05) is 47.5 Å². The summed E-state index contributed by atoms with van der Waals surface area (Å²) >= 11 is 12.4. The second-order valence-electron chi connectivity index (χ2n) is 6.86. The van der Waals surface area contributed by atoms with Crippen LogP contribution in [0.2, 0.25) is 10.0 Å². The summed E-state index contributed by atoms with van der Waals surface area (Å²) in [6.45, 7) is 0.439. The van der Waals surface area contributed by atoms with Gasteiger partial charge in [0.25, 0.3) is 0 Å². The monoisotopic (exact) mass is 426 g/mol. The molecule has 0 radical (unpaired) electrons. The normalized spacial score (nSPS) is 11.1. The van der Waals surface area contributed by atoms with Crippen molar-refractivity contribution in [3.63, 3.8) is 0 Å². The van der Waals surface area contributed by atoms with Crippen molar-refractivity contribution >= 4 is 45.8 Å². The van der Waals surface area contributed by atoms with Crippen LogP contribution in [0.1, 0.15) is 24.0 Å². The summed E-state index contributed by atoms with van der Waals surface area (Å²) in [5.41, 5.74) is 3.15. The van der Waals surface area contributed by atoms with E-state index in [0.29, 0.717) is 28.8 Å². The van der Waals surface area contributed by atoms with E-state index in [1.807, 2.05) is 18.3 Å². The molecule has 5 nitrogen and oxygen atoms in total. The Hall–Kier alpha value is -2.76. The minimum Gasteiger partial charge on any atom is -0.361 e. The van der Waals surface area contributed by atoms with Gasteiger partial charge in [0.1, 0.15) is 0 Å². The molecule has 2 aromatic heterocycles. The Morgan fingerprint density at radius 2 is 1.86 bits per heavy atom. The lowest BCUT2D eigenvalue weighted by Gasteiger charge is -2.07. The second kappa shape index (κ2) is 8.72. The summed E-state index contributed by atoms with van der Waals surface area (Å²) in [5.74, 6) is 0.469. The van der Waals surface area contributed by atoms with Crippen LogP contribution in [-0.4, -0.2) is 20.7 Å². The summed E-state index contributed by atoms with van der Waals surface area (Å²) in [6.07, 6.45) is 5.86. The number of carbonyl (C=O) groups is 1. The third-order valence-corrected chi connectivity index (χ3v) is 5.52. The predicted octanol–water partition coefficient (Wildman–Crippen LogP) is 5.68. The van der Waals surface area contributed by atoms with Crippen LogP contribution < -0.4 is 5.32 Å². The van der Waals surface area contributed by atoms with Gasteiger partial charge in [0.15, 0.2) is 5.82 Å². The summed E-state index contributed by atoms with van der Waals surface area (Å²) < 4.78 is 1.70. The molecular weight excluding hydrogens is 407 g/mol. The van der Waals surface area contributed by atoms with Crippen molar-refractivity contribution in [2.75, 3.05) is 5.32 Å². The van der Waals surface area contributed by atoms with Crippen molar-refractivity contribution < 1.29 is 4.79 Å². The number of carbonyl (C=O) groups excluding carboxylic acids is 1. The fourth-order valence-corrected chi connectivity index (χ4v) is 3.86. The maximum Gasteiger partial charge on any atom is 0.225 e. The molecule has 4 aromatic rings. The smallest absolute Gasteiger partial charge is 0.225 e. The minimum absolute atomic E-state index is 0.0501. The molecule has 0 atom stereocenters. The average Bonchev–Trinajstić information content (AvgIpc) is 3.32. The second-order valence-corrected chi connectivity index (χ2v) is 7.67. The highest BCUT2D eigenvalue weighted by Gasteiger charge is 2.10. The predicted molar refractivity (Wildman–Crippen MR) is 118 cm³/mol. The topological polar surface area (TPSA) is 62.7 Å². The van der Waals surface area contributed by atoms with Crippen LogP contribution in [0.5, 0.6) is 0 Å². The van der Waals surface area contributed by atoms with E-state index < -0.39 is 0 Å². The van der Waals surface area contributed by atoms with Crippen LogP contribution in [0.3, 0.4) is 0 Å². The molecule has 148 valence electrons. The molecule has 0 spiro atoms. The number of aromatic amines is 1. The van der Waals surface area contributed by atoms with E-state index >= 15 is 0 Å². The molecule has 0 fully saturated rings. The lowest BCUT2D eigenvalue weighted by Crippen LogP contribution is -2.12. The molecule has 0 saturated heterocycles. The Kier molecular flexibility index (Phi) is 5.88. The number of benzene rings is 2. The van der Waals surface area contributed by atoms with Gasteiger partial charge in [-0.3, -0.25) is 9.48 Å². The Balaban J connectivity index is 1.30. The molecule has 1 amide bonds. The Labute approximate surface area is 178 Å². The molecule has 29 heavy (non-hydrogen) atoms. The Bertz CT molecular complexity index is 1130. The number of nitrogens with one attached hydrogen (secondary N) is 2. The van der Waals surface area contributed by atoms with Crippen LogP contribution in [0.4, 0.5) is 5.82 Å². The van der Waals surface area contributed by atoms with E-state index in [1.54, 1.807) is 35.1 Å². The van der Waals surface area contributed by atoms with Crippen LogP contribution in [0, 0.1) is 0 Å². The summed E-state index contributed by atoms with van der Waals surface area (Å²) in [5, 5.41) is 9.64. The van der Waals surface area contributed by atoms with E-state index in [-0.39, 0.29) is 5.91 Å². The highest BCUT2D eigenvalue weighted by molar-refractivity contribution is 6.35. The highest BCUT2D eigenvalue weighted by Crippen LogP contribution is 2.25. The van der Waals surface area contributed by atoms with Gasteiger partial charge in [-0.2, -0.15) is 5.10 Å². The van der Waals surface area contributed by atoms with Crippen LogP contribution in [-0.2, 0) is 17.8 Å². The van der Waals surface area contributed by atoms with Gasteiger partial charge >= 0.3 is 0 Å². The average molecular weight is 427 g/mol. The van der Waals surface area contributed by atoms with E-state index in [1.165, 1.54) is 10.9 Å². The number of amides is 1. The first-order valence-electron chi connectivity index (χ1n) is 9.41. The molecule has 0 bridgehead atoms. The molecule has 2 heterocycles. The number of aromatic nitrogens is 3. The number of rotatable bonds is 7. The number of hydrogen-bond donors (Lipinski definition) is 2. The van der Waals surface area contributed by atoms with E-state index in [4.69, 9.17) is 23.2 Å². The fraction of sp³-hybridized carbons (Fsp3) is 0.182. The maximum atomic E-state index is 12.3. The van der Waals surface area contributed by atoms with E-state index in [0.717, 1.165) is 23.9 Å². The fourth-order valence-electron chi connectivity index (χ4n) is 3.34. The number of nitrogens with zero attached hydrogens (tertiary/aromatic N) is 2. The number of hydrogen-bond acceptors (Lipinski definition) is 2. The van der Waals surface area contributed by atoms with Crippen molar-refractivity contribution in [1.29, 1.82) is 0 Å². The zero-order chi connectivity index (χ0) is 20.2. The highest BCUT2D eigenvalue weighted by atomic mass is 35.5. The maximum absolute atomic E-state index is 12.3. The lowest BCUT2D eigenvalue weighted by atomic mass is 10.1. The van der Waals surface area contributed by atoms with Gasteiger partial charge in [-0.25, -0.2) is 0 Å².